The number of furan rings is 1. The number of isocyanates is 1. The summed E-state index contributed by atoms with van der Waals surface area (Å²) in [5.41, 5.74) is 0.300. The predicted molar refractivity (Wildman–Crippen MR) is 55.2 cm³/mol. The number of halogens is 1. The molecule has 1 aliphatic carbocycles. The van der Waals surface area contributed by atoms with Crippen LogP contribution in [0.2, 0.25) is 0 Å². The first-order chi connectivity index (χ1) is 7.77. The van der Waals surface area contributed by atoms with Gasteiger partial charge in [0, 0.05) is 5.56 Å². The Labute approximate surface area is 90.6 Å². The molecule has 16 heavy (non-hydrogen) atoms. The molecule has 0 radical (unpaired) electrons. The second-order valence-electron chi connectivity index (χ2n) is 3.99. The Hall–Kier alpha value is -1.93. The van der Waals surface area contributed by atoms with Crippen LogP contribution in [0.4, 0.5) is 4.39 Å². The molecule has 0 amide bonds. The third kappa shape index (κ3) is 1.14. The molecule has 0 aliphatic heterocycles. The molecule has 0 bridgehead atoms. The first kappa shape index (κ1) is 9.31. The maximum Gasteiger partial charge on any atom is 0.235 e. The third-order valence-corrected chi connectivity index (χ3v) is 3.05. The Morgan fingerprint density at radius 3 is 2.88 bits per heavy atom. The lowest BCUT2D eigenvalue weighted by atomic mass is 10.0. The molecule has 0 saturated heterocycles. The van der Waals surface area contributed by atoms with Crippen molar-refractivity contribution in [2.75, 3.05) is 0 Å². The molecule has 3 rings (SSSR count). The van der Waals surface area contributed by atoms with Crippen molar-refractivity contribution >= 4 is 17.0 Å². The number of nitrogens with zero attached hydrogens (tertiary/aromatic N) is 1. The van der Waals surface area contributed by atoms with E-state index in [-0.39, 0.29) is 5.82 Å². The maximum atomic E-state index is 14.1. The fourth-order valence-corrected chi connectivity index (χ4v) is 2.02. The summed E-state index contributed by atoms with van der Waals surface area (Å²) in [4.78, 5) is 14.0. The SMILES string of the molecule is O=C=NC1(c2ccc3occc3c2F)CC1. The van der Waals surface area contributed by atoms with E-state index in [0.29, 0.717) is 29.4 Å². The topological polar surface area (TPSA) is 42.6 Å². The van der Waals surface area contributed by atoms with Crippen LogP contribution < -0.4 is 0 Å². The molecule has 0 unspecified atom stereocenters. The van der Waals surface area contributed by atoms with Gasteiger partial charge in [0.2, 0.25) is 6.08 Å². The van der Waals surface area contributed by atoms with Crippen LogP contribution in [0, 0.1) is 5.82 Å². The highest BCUT2D eigenvalue weighted by atomic mass is 19.1. The highest BCUT2D eigenvalue weighted by Gasteiger charge is 2.47. The third-order valence-electron chi connectivity index (χ3n) is 3.05. The second-order valence-corrected chi connectivity index (χ2v) is 3.99. The van der Waals surface area contributed by atoms with E-state index in [2.05, 4.69) is 4.99 Å². The largest absolute Gasteiger partial charge is 0.464 e. The Morgan fingerprint density at radius 2 is 2.19 bits per heavy atom. The van der Waals surface area contributed by atoms with E-state index in [1.165, 1.54) is 12.3 Å². The van der Waals surface area contributed by atoms with Crippen LogP contribution >= 0.6 is 0 Å². The van der Waals surface area contributed by atoms with Crippen molar-refractivity contribution in [3.63, 3.8) is 0 Å². The molecule has 0 atom stereocenters. The van der Waals surface area contributed by atoms with Crippen LogP contribution in [0.3, 0.4) is 0 Å². The van der Waals surface area contributed by atoms with Gasteiger partial charge in [-0.25, -0.2) is 9.18 Å². The number of benzene rings is 1. The molecule has 2 aromatic rings. The van der Waals surface area contributed by atoms with Crippen molar-refractivity contribution in [2.24, 2.45) is 4.99 Å². The van der Waals surface area contributed by atoms with E-state index < -0.39 is 5.54 Å². The van der Waals surface area contributed by atoms with Crippen LogP contribution in [0.5, 0.6) is 0 Å². The quantitative estimate of drug-likeness (QED) is 0.573. The monoisotopic (exact) mass is 217 g/mol. The molecule has 1 heterocycles. The fraction of sp³-hybridized carbons (Fsp3) is 0.250. The lowest BCUT2D eigenvalue weighted by Crippen LogP contribution is -2.05. The smallest absolute Gasteiger partial charge is 0.235 e. The molecule has 4 heteroatoms. The van der Waals surface area contributed by atoms with Crippen molar-refractivity contribution < 1.29 is 13.6 Å². The highest BCUT2D eigenvalue weighted by molar-refractivity contribution is 5.79. The number of fused-ring (bicyclic) bond motifs is 1. The zero-order valence-corrected chi connectivity index (χ0v) is 8.37. The molecule has 80 valence electrons. The fourth-order valence-electron chi connectivity index (χ4n) is 2.02. The van der Waals surface area contributed by atoms with Gasteiger partial charge in [-0.1, -0.05) is 0 Å². The Morgan fingerprint density at radius 1 is 1.38 bits per heavy atom. The van der Waals surface area contributed by atoms with Crippen molar-refractivity contribution in [3.8, 4) is 0 Å². The van der Waals surface area contributed by atoms with Crippen LogP contribution in [0.25, 0.3) is 11.0 Å². The Balaban J connectivity index is 2.24. The number of rotatable bonds is 2. The van der Waals surface area contributed by atoms with E-state index in [0.717, 1.165) is 0 Å². The summed E-state index contributed by atoms with van der Waals surface area (Å²) in [7, 11) is 0. The molecule has 1 aliphatic rings. The maximum absolute atomic E-state index is 14.1. The number of aliphatic imine (C=N–C) groups is 1. The van der Waals surface area contributed by atoms with Crippen molar-refractivity contribution in [3.05, 3.63) is 35.8 Å². The van der Waals surface area contributed by atoms with E-state index in [1.807, 2.05) is 0 Å². The van der Waals surface area contributed by atoms with Crippen molar-refractivity contribution in [1.82, 2.24) is 0 Å². The summed E-state index contributed by atoms with van der Waals surface area (Å²) >= 11 is 0. The van der Waals surface area contributed by atoms with Gasteiger partial charge in [-0.15, -0.1) is 0 Å². The zero-order valence-electron chi connectivity index (χ0n) is 8.37. The van der Waals surface area contributed by atoms with Crippen molar-refractivity contribution in [2.45, 2.75) is 18.4 Å². The van der Waals surface area contributed by atoms with Gasteiger partial charge in [0.15, 0.2) is 0 Å². The average Bonchev–Trinajstić information content (AvgIpc) is 2.89. The number of hydrogen-bond donors (Lipinski definition) is 0. The lowest BCUT2D eigenvalue weighted by molar-refractivity contribution is 0.549. The molecule has 3 nitrogen and oxygen atoms in total. The Kier molecular flexibility index (Phi) is 1.76. The summed E-state index contributed by atoms with van der Waals surface area (Å²) in [6.07, 6.45) is 4.36. The first-order valence-electron chi connectivity index (χ1n) is 5.02. The summed E-state index contributed by atoms with van der Waals surface area (Å²) in [5, 5.41) is 0.435. The van der Waals surface area contributed by atoms with Gasteiger partial charge in [-0.2, -0.15) is 4.99 Å². The van der Waals surface area contributed by atoms with E-state index in [1.54, 1.807) is 18.2 Å². The number of carbonyl (C=O) groups excluding carboxylic acids is 1. The van der Waals surface area contributed by atoms with Gasteiger partial charge in [0.05, 0.1) is 11.6 Å². The van der Waals surface area contributed by atoms with Gasteiger partial charge in [0.1, 0.15) is 16.9 Å². The molecular formula is C12H8FNO2. The summed E-state index contributed by atoms with van der Waals surface area (Å²) in [5.74, 6) is -0.345. The normalized spacial score (nSPS) is 17.1. The minimum absolute atomic E-state index is 0.345. The molecule has 1 aromatic heterocycles. The molecule has 0 N–H and O–H groups in total. The van der Waals surface area contributed by atoms with Gasteiger partial charge < -0.3 is 4.42 Å². The molecule has 0 spiro atoms. The highest BCUT2D eigenvalue weighted by Crippen LogP contribution is 2.50. The molecule has 1 saturated carbocycles. The standard InChI is InChI=1S/C12H8FNO2/c13-11-8-3-6-16-10(8)2-1-9(11)12(4-5-12)14-7-15/h1-3,6H,4-5H2. The first-order valence-corrected chi connectivity index (χ1v) is 5.02. The summed E-state index contributed by atoms with van der Waals surface area (Å²) < 4.78 is 19.2. The summed E-state index contributed by atoms with van der Waals surface area (Å²) in [6, 6.07) is 4.91. The predicted octanol–water partition coefficient (Wildman–Crippen LogP) is 2.90. The van der Waals surface area contributed by atoms with Gasteiger partial charge in [0.25, 0.3) is 0 Å². The van der Waals surface area contributed by atoms with Gasteiger partial charge >= 0.3 is 0 Å². The molecule has 1 fully saturated rings. The van der Waals surface area contributed by atoms with Crippen LogP contribution in [-0.2, 0) is 10.3 Å². The van der Waals surface area contributed by atoms with Gasteiger partial charge in [-0.05, 0) is 31.0 Å². The molecular weight excluding hydrogens is 209 g/mol. The minimum atomic E-state index is -0.669. The van der Waals surface area contributed by atoms with Gasteiger partial charge in [-0.3, -0.25) is 0 Å². The van der Waals surface area contributed by atoms with Crippen LogP contribution in [0.1, 0.15) is 18.4 Å². The van der Waals surface area contributed by atoms with Crippen LogP contribution in [0.15, 0.2) is 33.9 Å². The second kappa shape index (κ2) is 3.03. The zero-order chi connectivity index (χ0) is 11.2. The minimum Gasteiger partial charge on any atom is -0.464 e. The van der Waals surface area contributed by atoms with E-state index >= 15 is 0 Å². The molecule has 1 aromatic carbocycles. The van der Waals surface area contributed by atoms with Crippen LogP contribution in [-0.4, -0.2) is 6.08 Å². The van der Waals surface area contributed by atoms with E-state index in [4.69, 9.17) is 4.42 Å². The van der Waals surface area contributed by atoms with Crippen molar-refractivity contribution in [1.29, 1.82) is 0 Å². The Bertz CT molecular complexity index is 607. The lowest BCUT2D eigenvalue weighted by Gasteiger charge is -2.09. The number of hydrogen-bond acceptors (Lipinski definition) is 3. The van der Waals surface area contributed by atoms with E-state index in [9.17, 15) is 9.18 Å². The average molecular weight is 217 g/mol. The summed E-state index contributed by atoms with van der Waals surface area (Å²) in [6.45, 7) is 0.